The summed E-state index contributed by atoms with van der Waals surface area (Å²) in [7, 11) is 0. The van der Waals surface area contributed by atoms with Gasteiger partial charge in [-0.3, -0.25) is 0 Å². The average Bonchev–Trinajstić information content (AvgIpc) is 3.10. The Morgan fingerprint density at radius 1 is 1.18 bits per heavy atom. The lowest BCUT2D eigenvalue weighted by Crippen LogP contribution is -2.39. The molecule has 0 bridgehead atoms. The van der Waals surface area contributed by atoms with Crippen LogP contribution in [0.3, 0.4) is 0 Å². The van der Waals surface area contributed by atoms with Crippen molar-refractivity contribution in [2.75, 3.05) is 0 Å². The monoisotopic (exact) mass is 503 g/mol. The van der Waals surface area contributed by atoms with Crippen LogP contribution in [0.25, 0.3) is 0 Å². The van der Waals surface area contributed by atoms with Crippen molar-refractivity contribution in [3.05, 3.63) is 95.9 Å². The van der Waals surface area contributed by atoms with E-state index in [9.17, 15) is 10.1 Å². The smallest absolute Gasteiger partial charge is 0.295 e. The molecule has 0 amide bonds. The summed E-state index contributed by atoms with van der Waals surface area (Å²) in [5.41, 5.74) is -0.0864. The van der Waals surface area contributed by atoms with Gasteiger partial charge in [0.15, 0.2) is 5.60 Å². The SMILES string of the molecule is O=[N+]([O-])OC(Cc1ccc(Cl)c(Cl)c1)(Cn1ccnc1)c1ccc(Cl)cc1Br. The van der Waals surface area contributed by atoms with Gasteiger partial charge in [-0.1, -0.05) is 62.9 Å². The minimum absolute atomic E-state index is 0.133. The second-order valence-corrected chi connectivity index (χ2v) is 8.20. The number of imidazole rings is 1. The molecule has 0 saturated heterocycles. The molecule has 10 heteroatoms. The molecule has 0 aliphatic rings. The molecule has 3 aromatic rings. The van der Waals surface area contributed by atoms with E-state index >= 15 is 0 Å². The standard InChI is InChI=1S/C18H13BrCl3N3O3/c19-15-8-13(20)2-3-14(15)18(28-25(26)27,10-24-6-5-23-11-24)9-12-1-4-16(21)17(22)7-12/h1-8,11H,9-10H2. The third-order valence-corrected chi connectivity index (χ3v) is 5.77. The number of hydrogen-bond donors (Lipinski definition) is 0. The first kappa shape index (κ1) is 20.9. The second kappa shape index (κ2) is 8.69. The summed E-state index contributed by atoms with van der Waals surface area (Å²) in [5.74, 6) is 0. The largest absolute Gasteiger partial charge is 0.335 e. The normalized spacial score (nSPS) is 13.1. The molecule has 1 aromatic heterocycles. The molecular weight excluding hydrogens is 492 g/mol. The van der Waals surface area contributed by atoms with Crippen LogP contribution in [0.15, 0.2) is 59.6 Å². The molecular formula is C18H13BrCl3N3O3. The molecule has 1 heterocycles. The van der Waals surface area contributed by atoms with Crippen molar-refractivity contribution in [3.8, 4) is 0 Å². The maximum Gasteiger partial charge on any atom is 0.295 e. The van der Waals surface area contributed by atoms with Crippen LogP contribution in [-0.4, -0.2) is 14.6 Å². The van der Waals surface area contributed by atoms with Gasteiger partial charge in [0, 0.05) is 33.9 Å². The Bertz CT molecular complexity index is 1000. The second-order valence-electron chi connectivity index (χ2n) is 6.09. The maximum absolute atomic E-state index is 11.5. The minimum atomic E-state index is -1.37. The number of hydrogen-bond acceptors (Lipinski definition) is 4. The van der Waals surface area contributed by atoms with E-state index in [4.69, 9.17) is 39.6 Å². The zero-order chi connectivity index (χ0) is 20.3. The lowest BCUT2D eigenvalue weighted by atomic mass is 9.86. The molecule has 0 saturated carbocycles. The molecule has 0 radical (unpaired) electrons. The third-order valence-electron chi connectivity index (χ3n) is 4.14. The van der Waals surface area contributed by atoms with Crippen LogP contribution >= 0.6 is 50.7 Å². The Balaban J connectivity index is 2.15. The number of halogens is 4. The van der Waals surface area contributed by atoms with Crippen molar-refractivity contribution in [3.63, 3.8) is 0 Å². The van der Waals surface area contributed by atoms with Gasteiger partial charge in [0.1, 0.15) is 0 Å². The summed E-state index contributed by atoms with van der Waals surface area (Å²) in [5, 5.41) is 11.9. The average molecular weight is 506 g/mol. The Hall–Kier alpha value is -1.80. The van der Waals surface area contributed by atoms with Gasteiger partial charge in [0.2, 0.25) is 0 Å². The van der Waals surface area contributed by atoms with Crippen LogP contribution in [0.4, 0.5) is 0 Å². The van der Waals surface area contributed by atoms with Crippen molar-refractivity contribution >= 4 is 50.7 Å². The minimum Gasteiger partial charge on any atom is -0.335 e. The number of nitrogens with zero attached hydrogens (tertiary/aromatic N) is 3. The van der Waals surface area contributed by atoms with Crippen LogP contribution in [0.1, 0.15) is 11.1 Å². The molecule has 0 aliphatic carbocycles. The molecule has 2 aromatic carbocycles. The van der Waals surface area contributed by atoms with Gasteiger partial charge in [-0.15, -0.1) is 10.1 Å². The van der Waals surface area contributed by atoms with Crippen molar-refractivity contribution in [1.82, 2.24) is 9.55 Å². The van der Waals surface area contributed by atoms with Crippen molar-refractivity contribution in [2.45, 2.75) is 18.6 Å². The first-order chi connectivity index (χ1) is 13.3. The summed E-state index contributed by atoms with van der Waals surface area (Å²) in [6.07, 6.45) is 5.02. The molecule has 6 nitrogen and oxygen atoms in total. The summed E-state index contributed by atoms with van der Waals surface area (Å²) in [6, 6.07) is 10.1. The van der Waals surface area contributed by atoms with E-state index in [2.05, 4.69) is 20.9 Å². The molecule has 0 spiro atoms. The third kappa shape index (κ3) is 4.78. The molecule has 0 aliphatic heterocycles. The van der Waals surface area contributed by atoms with Crippen LogP contribution < -0.4 is 0 Å². The Kier molecular flexibility index (Phi) is 6.50. The van der Waals surface area contributed by atoms with Crippen molar-refractivity contribution < 1.29 is 9.92 Å². The van der Waals surface area contributed by atoms with Crippen LogP contribution in [0, 0.1) is 10.1 Å². The Labute approximate surface area is 184 Å². The highest BCUT2D eigenvalue weighted by atomic mass is 79.9. The van der Waals surface area contributed by atoms with E-state index < -0.39 is 10.7 Å². The van der Waals surface area contributed by atoms with E-state index in [1.807, 2.05) is 0 Å². The van der Waals surface area contributed by atoms with E-state index in [0.29, 0.717) is 25.1 Å². The highest BCUT2D eigenvalue weighted by Crippen LogP contribution is 2.39. The fourth-order valence-corrected chi connectivity index (χ4v) is 4.37. The summed E-state index contributed by atoms with van der Waals surface area (Å²) < 4.78 is 2.30. The number of rotatable bonds is 7. The highest BCUT2D eigenvalue weighted by molar-refractivity contribution is 9.10. The lowest BCUT2D eigenvalue weighted by Gasteiger charge is -2.33. The quantitative estimate of drug-likeness (QED) is 0.294. The summed E-state index contributed by atoms with van der Waals surface area (Å²) in [6.45, 7) is 0.133. The Morgan fingerprint density at radius 2 is 1.96 bits per heavy atom. The summed E-state index contributed by atoms with van der Waals surface area (Å²) >= 11 is 21.7. The van der Waals surface area contributed by atoms with Gasteiger partial charge in [-0.05, 0) is 29.8 Å². The van der Waals surface area contributed by atoms with Crippen LogP contribution in [0.2, 0.25) is 15.1 Å². The molecule has 0 fully saturated rings. The highest BCUT2D eigenvalue weighted by Gasteiger charge is 2.39. The number of aromatic nitrogens is 2. The fourth-order valence-electron chi connectivity index (χ4n) is 3.00. The molecule has 1 atom stereocenters. The molecule has 28 heavy (non-hydrogen) atoms. The van der Waals surface area contributed by atoms with Crippen molar-refractivity contribution in [2.24, 2.45) is 0 Å². The van der Waals surface area contributed by atoms with Crippen LogP contribution in [-0.2, 0) is 23.4 Å². The van der Waals surface area contributed by atoms with Gasteiger partial charge in [-0.2, -0.15) is 0 Å². The van der Waals surface area contributed by atoms with Crippen LogP contribution in [0.5, 0.6) is 0 Å². The van der Waals surface area contributed by atoms with Gasteiger partial charge in [0.25, 0.3) is 5.09 Å². The number of benzene rings is 2. The Morgan fingerprint density at radius 3 is 2.57 bits per heavy atom. The van der Waals surface area contributed by atoms with Gasteiger partial charge in [-0.25, -0.2) is 4.98 Å². The molecule has 146 valence electrons. The van der Waals surface area contributed by atoms with E-state index in [0.717, 1.165) is 5.56 Å². The van der Waals surface area contributed by atoms with E-state index in [1.165, 1.54) is 0 Å². The molecule has 3 rings (SSSR count). The molecule has 1 unspecified atom stereocenters. The van der Waals surface area contributed by atoms with Gasteiger partial charge >= 0.3 is 0 Å². The van der Waals surface area contributed by atoms with E-state index in [1.54, 1.807) is 59.7 Å². The van der Waals surface area contributed by atoms with Crippen molar-refractivity contribution in [1.29, 1.82) is 0 Å². The zero-order valence-corrected chi connectivity index (χ0v) is 18.0. The predicted molar refractivity (Wildman–Crippen MR) is 111 cm³/mol. The first-order valence-electron chi connectivity index (χ1n) is 7.98. The topological polar surface area (TPSA) is 70.2 Å². The first-order valence-corrected chi connectivity index (χ1v) is 9.90. The maximum atomic E-state index is 11.5. The molecule has 0 N–H and O–H groups in total. The van der Waals surface area contributed by atoms with Gasteiger partial charge < -0.3 is 9.40 Å². The van der Waals surface area contributed by atoms with Gasteiger partial charge in [0.05, 0.1) is 22.9 Å². The summed E-state index contributed by atoms with van der Waals surface area (Å²) in [4.78, 5) is 20.8. The lowest BCUT2D eigenvalue weighted by molar-refractivity contribution is -0.785. The van der Waals surface area contributed by atoms with E-state index in [-0.39, 0.29) is 13.0 Å². The fraction of sp³-hybridized carbons (Fsp3) is 0.167. The predicted octanol–water partition coefficient (Wildman–Crippen LogP) is 5.95. The zero-order valence-electron chi connectivity index (χ0n) is 14.2.